The van der Waals surface area contributed by atoms with Gasteiger partial charge in [0.2, 0.25) is 0 Å². The minimum atomic E-state index is -0.358. The third-order valence-electron chi connectivity index (χ3n) is 8.82. The number of rotatable bonds is 8. The zero-order valence-corrected chi connectivity index (χ0v) is 30.5. The molecule has 3 aliphatic rings. The van der Waals surface area contributed by atoms with Crippen LogP contribution < -0.4 is 15.5 Å². The molecule has 2 aliphatic heterocycles. The van der Waals surface area contributed by atoms with Crippen LogP contribution in [0.3, 0.4) is 0 Å². The summed E-state index contributed by atoms with van der Waals surface area (Å²) >= 11 is 0. The average molecular weight is 733 g/mol. The molecule has 11 nitrogen and oxygen atoms in total. The Morgan fingerprint density at radius 1 is 0.957 bits per heavy atom. The van der Waals surface area contributed by atoms with Crippen LogP contribution in [0.5, 0.6) is 5.75 Å². The Hall–Kier alpha value is -2.61. The number of carbonyl (C=O) groups is 2. The maximum atomic E-state index is 13.8. The van der Waals surface area contributed by atoms with Gasteiger partial charge < -0.3 is 15.0 Å². The van der Waals surface area contributed by atoms with Gasteiger partial charge in [0.05, 0.1) is 22.5 Å². The van der Waals surface area contributed by atoms with E-state index in [1.54, 1.807) is 6.07 Å². The molecule has 0 atom stereocenters. The highest BCUT2D eigenvalue weighted by Gasteiger charge is 2.35. The summed E-state index contributed by atoms with van der Waals surface area (Å²) in [6, 6.07) is 11.7. The number of piperazine rings is 2. The van der Waals surface area contributed by atoms with E-state index in [1.165, 1.54) is 0 Å². The number of carbonyl (C=O) groups excluding carboxylic acids is 2. The van der Waals surface area contributed by atoms with Crippen LogP contribution in [0.4, 0.5) is 10.5 Å². The first-order chi connectivity index (χ1) is 20.8. The van der Waals surface area contributed by atoms with Gasteiger partial charge in [-0.05, 0) is 57.6 Å². The van der Waals surface area contributed by atoms with Crippen molar-refractivity contribution in [3.63, 3.8) is 0 Å². The molecule has 2 aromatic carbocycles. The Morgan fingerprint density at radius 3 is 2.32 bits per heavy atom. The van der Waals surface area contributed by atoms with E-state index >= 15 is 0 Å². The number of H-pyrrole nitrogens is 1. The van der Waals surface area contributed by atoms with Crippen molar-refractivity contribution in [1.29, 1.82) is 0 Å². The number of ketones is 1. The predicted octanol–water partition coefficient (Wildman–Crippen LogP) is 4.97. The molecule has 0 saturated carbocycles. The standard InChI is InChI=1S/C32H42N8O3.4ClH/c1-21(2)39-14-12-38(13-15-39)18-19-43-26-9-8-23(20-22(26)3)29-28-30(35-34-29)24-6-5-7-25(27(24)31(28)41)33-32(42)36-40-16-10-37(4)11-17-40;;;;/h5-9,20-21H,10-19H2,1-4H3,(H,34,35)(H2,33,36,42);4*1H. The van der Waals surface area contributed by atoms with Gasteiger partial charge in [0.15, 0.2) is 5.78 Å². The Labute approximate surface area is 301 Å². The Balaban J connectivity index is 0.00000192. The minimum absolute atomic E-state index is 0. The number of halogens is 4. The molecule has 2 amide bonds. The number of nitrogens with one attached hydrogen (secondary N) is 3. The highest BCUT2D eigenvalue weighted by Crippen LogP contribution is 2.43. The maximum absolute atomic E-state index is 13.8. The number of ether oxygens (including phenoxy) is 1. The summed E-state index contributed by atoms with van der Waals surface area (Å²) in [6.45, 7) is 15.6. The fourth-order valence-electron chi connectivity index (χ4n) is 6.16. The van der Waals surface area contributed by atoms with Crippen molar-refractivity contribution in [2.75, 3.05) is 77.9 Å². The molecule has 0 unspecified atom stereocenters. The van der Waals surface area contributed by atoms with Crippen LogP contribution >= 0.6 is 49.6 Å². The lowest BCUT2D eigenvalue weighted by Gasteiger charge is -2.36. The molecule has 260 valence electrons. The van der Waals surface area contributed by atoms with Gasteiger partial charge >= 0.3 is 6.03 Å². The lowest BCUT2D eigenvalue weighted by molar-refractivity contribution is 0.0970. The first-order valence-corrected chi connectivity index (χ1v) is 15.3. The minimum Gasteiger partial charge on any atom is -0.492 e. The number of benzene rings is 2. The summed E-state index contributed by atoms with van der Waals surface area (Å²) < 4.78 is 6.16. The number of urea groups is 1. The quantitative estimate of drug-likeness (QED) is 0.233. The largest absolute Gasteiger partial charge is 0.492 e. The zero-order chi connectivity index (χ0) is 30.1. The highest BCUT2D eigenvalue weighted by atomic mass is 35.5. The molecule has 0 bridgehead atoms. The van der Waals surface area contributed by atoms with Crippen molar-refractivity contribution in [3.05, 3.63) is 53.1 Å². The summed E-state index contributed by atoms with van der Waals surface area (Å²) in [5.74, 6) is 0.684. The lowest BCUT2D eigenvalue weighted by Crippen LogP contribution is -2.53. The van der Waals surface area contributed by atoms with E-state index in [0.29, 0.717) is 40.9 Å². The van der Waals surface area contributed by atoms with Gasteiger partial charge in [-0.15, -0.1) is 49.6 Å². The van der Waals surface area contributed by atoms with E-state index in [-0.39, 0.29) is 61.4 Å². The van der Waals surface area contributed by atoms with Crippen molar-refractivity contribution in [3.8, 4) is 28.3 Å². The van der Waals surface area contributed by atoms with Crippen molar-refractivity contribution < 1.29 is 14.3 Å². The summed E-state index contributed by atoms with van der Waals surface area (Å²) in [6.07, 6.45) is 0. The van der Waals surface area contributed by atoms with Crippen LogP contribution in [0.25, 0.3) is 22.5 Å². The van der Waals surface area contributed by atoms with Crippen LogP contribution in [-0.4, -0.2) is 120 Å². The molecule has 3 aromatic rings. The number of aryl methyl sites for hydroxylation is 1. The summed E-state index contributed by atoms with van der Waals surface area (Å²) in [5, 5.41) is 12.4. The maximum Gasteiger partial charge on any atom is 0.333 e. The molecule has 0 radical (unpaired) electrons. The summed E-state index contributed by atoms with van der Waals surface area (Å²) in [7, 11) is 2.06. The van der Waals surface area contributed by atoms with Gasteiger partial charge in [0, 0.05) is 76.1 Å². The van der Waals surface area contributed by atoms with Crippen molar-refractivity contribution >= 4 is 67.1 Å². The topological polar surface area (TPSA) is 109 Å². The first-order valence-electron chi connectivity index (χ1n) is 15.3. The van der Waals surface area contributed by atoms with Gasteiger partial charge in [-0.25, -0.2) is 9.80 Å². The molecule has 2 saturated heterocycles. The van der Waals surface area contributed by atoms with Crippen LogP contribution in [0.1, 0.15) is 35.3 Å². The molecular formula is C32H46Cl4N8O3. The monoisotopic (exact) mass is 730 g/mol. The summed E-state index contributed by atoms with van der Waals surface area (Å²) in [4.78, 5) is 33.8. The number of likely N-dealkylation sites (N-methyl/N-ethyl adjacent to an activating group) is 1. The van der Waals surface area contributed by atoms with E-state index in [1.807, 2.05) is 42.3 Å². The number of nitrogens with zero attached hydrogens (tertiary/aromatic N) is 5. The number of hydrazine groups is 1. The van der Waals surface area contributed by atoms with E-state index < -0.39 is 0 Å². The average Bonchev–Trinajstić information content (AvgIpc) is 3.55. The molecule has 2 fully saturated rings. The third-order valence-corrected chi connectivity index (χ3v) is 8.82. The van der Waals surface area contributed by atoms with Gasteiger partial charge in [0.1, 0.15) is 18.1 Å². The Kier molecular flexibility index (Phi) is 15.3. The molecule has 6 rings (SSSR count). The van der Waals surface area contributed by atoms with Crippen LogP contribution in [0.15, 0.2) is 36.4 Å². The zero-order valence-electron chi connectivity index (χ0n) is 27.2. The normalized spacial score (nSPS) is 16.6. The third kappa shape index (κ3) is 8.90. The van der Waals surface area contributed by atoms with Crippen molar-refractivity contribution in [2.24, 2.45) is 0 Å². The van der Waals surface area contributed by atoms with Crippen LogP contribution in [0, 0.1) is 6.92 Å². The smallest absolute Gasteiger partial charge is 0.333 e. The fraction of sp³-hybridized carbons (Fsp3) is 0.469. The van der Waals surface area contributed by atoms with Crippen LogP contribution in [0.2, 0.25) is 0 Å². The molecule has 1 aliphatic carbocycles. The van der Waals surface area contributed by atoms with Crippen molar-refractivity contribution in [1.82, 2.24) is 35.3 Å². The number of anilines is 1. The van der Waals surface area contributed by atoms with Gasteiger partial charge in [0.25, 0.3) is 0 Å². The Morgan fingerprint density at radius 2 is 1.66 bits per heavy atom. The Bertz CT molecular complexity index is 1510. The van der Waals surface area contributed by atoms with E-state index in [2.05, 4.69) is 56.5 Å². The lowest BCUT2D eigenvalue weighted by atomic mass is 10.0. The van der Waals surface area contributed by atoms with Gasteiger partial charge in [-0.2, -0.15) is 5.10 Å². The molecule has 3 heterocycles. The van der Waals surface area contributed by atoms with Gasteiger partial charge in [-0.1, -0.05) is 12.1 Å². The summed E-state index contributed by atoms with van der Waals surface area (Å²) in [5.41, 5.74) is 8.24. The second kappa shape index (κ2) is 17.7. The van der Waals surface area contributed by atoms with E-state index in [0.717, 1.165) is 81.3 Å². The molecular weight excluding hydrogens is 686 g/mol. The van der Waals surface area contributed by atoms with E-state index in [9.17, 15) is 9.59 Å². The number of aromatic nitrogens is 2. The molecule has 15 heteroatoms. The highest BCUT2D eigenvalue weighted by molar-refractivity contribution is 6.26. The SMILES string of the molecule is Cc1cc(-c2n[nH]c3c2C(=O)c2c(NC(=O)NN4CCN(C)CC4)cccc2-3)ccc1OCCN1CCN(C(C)C)CC1.Cl.Cl.Cl.Cl. The first kappa shape index (κ1) is 40.6. The number of hydrogen-bond donors (Lipinski definition) is 3. The number of hydrogen-bond acceptors (Lipinski definition) is 8. The second-order valence-electron chi connectivity index (χ2n) is 12.0. The number of fused-ring (bicyclic) bond motifs is 3. The number of aromatic amines is 1. The molecule has 47 heavy (non-hydrogen) atoms. The van der Waals surface area contributed by atoms with Crippen LogP contribution in [-0.2, 0) is 0 Å². The number of amides is 2. The second-order valence-corrected chi connectivity index (χ2v) is 12.0. The molecule has 0 spiro atoms. The predicted molar refractivity (Wildman–Crippen MR) is 196 cm³/mol. The van der Waals surface area contributed by atoms with Gasteiger partial charge in [-0.3, -0.25) is 25.1 Å². The fourth-order valence-corrected chi connectivity index (χ4v) is 6.16. The molecule has 1 aromatic heterocycles. The van der Waals surface area contributed by atoms with E-state index in [4.69, 9.17) is 4.74 Å². The molecule has 3 N–H and O–H groups in total. The van der Waals surface area contributed by atoms with Crippen molar-refractivity contribution in [2.45, 2.75) is 26.8 Å².